The van der Waals surface area contributed by atoms with Crippen LogP contribution in [-0.2, 0) is 13.1 Å². The fourth-order valence-electron chi connectivity index (χ4n) is 2.13. The van der Waals surface area contributed by atoms with Crippen molar-refractivity contribution in [2.24, 2.45) is 0 Å². The molecule has 114 valence electrons. The third-order valence-electron chi connectivity index (χ3n) is 3.23. The van der Waals surface area contributed by atoms with Gasteiger partial charge in [0, 0.05) is 12.7 Å². The van der Waals surface area contributed by atoms with E-state index in [1.807, 2.05) is 16.9 Å². The zero-order valence-electron chi connectivity index (χ0n) is 13.1. The molecule has 1 aromatic carbocycles. The summed E-state index contributed by atoms with van der Waals surface area (Å²) < 4.78 is 7.63. The first-order chi connectivity index (χ1) is 10.2. The minimum absolute atomic E-state index is 0.592. The minimum Gasteiger partial charge on any atom is -0.491 e. The van der Waals surface area contributed by atoms with Crippen molar-refractivity contribution in [2.45, 2.75) is 40.3 Å². The lowest BCUT2D eigenvalue weighted by Gasteiger charge is -2.09. The summed E-state index contributed by atoms with van der Waals surface area (Å²) in [7, 11) is 0. The molecule has 5 heteroatoms. The molecule has 0 spiro atoms. The smallest absolute Gasteiger partial charge is 0.122 e. The van der Waals surface area contributed by atoms with Crippen molar-refractivity contribution in [2.75, 3.05) is 13.2 Å². The van der Waals surface area contributed by atoms with Gasteiger partial charge in [0.05, 0.1) is 12.2 Å². The van der Waals surface area contributed by atoms with Gasteiger partial charge in [0.15, 0.2) is 0 Å². The SMILES string of the molecule is CCCNCc1cn(CCOc2ccc(C)cc2C)nn1. The average molecular weight is 288 g/mol. The Balaban J connectivity index is 1.78. The predicted octanol–water partition coefficient (Wildman–Crippen LogP) is 2.47. The van der Waals surface area contributed by atoms with E-state index in [0.717, 1.165) is 36.5 Å². The standard InChI is InChI=1S/C16H24N4O/c1-4-7-17-11-15-12-20(19-18-15)8-9-21-16-6-5-13(2)10-14(16)3/h5-6,10,12,17H,4,7-9,11H2,1-3H3. The fraction of sp³-hybridized carbons (Fsp3) is 0.500. The van der Waals surface area contributed by atoms with Gasteiger partial charge in [-0.15, -0.1) is 5.10 Å². The summed E-state index contributed by atoms with van der Waals surface area (Å²) in [5.74, 6) is 0.936. The second kappa shape index (κ2) is 7.78. The molecule has 0 atom stereocenters. The highest BCUT2D eigenvalue weighted by Crippen LogP contribution is 2.18. The minimum atomic E-state index is 0.592. The summed E-state index contributed by atoms with van der Waals surface area (Å²) in [6.45, 7) is 9.36. The molecular weight excluding hydrogens is 264 g/mol. The number of benzene rings is 1. The van der Waals surface area contributed by atoms with Crippen LogP contribution >= 0.6 is 0 Å². The molecule has 5 nitrogen and oxygen atoms in total. The topological polar surface area (TPSA) is 52.0 Å². The number of hydrogen-bond acceptors (Lipinski definition) is 4. The summed E-state index contributed by atoms with van der Waals surface area (Å²) in [6.07, 6.45) is 3.09. The number of hydrogen-bond donors (Lipinski definition) is 1. The van der Waals surface area contributed by atoms with E-state index in [9.17, 15) is 0 Å². The number of ether oxygens (including phenoxy) is 1. The molecule has 0 bridgehead atoms. The van der Waals surface area contributed by atoms with Gasteiger partial charge in [0.2, 0.25) is 0 Å². The van der Waals surface area contributed by atoms with Crippen molar-refractivity contribution >= 4 is 0 Å². The van der Waals surface area contributed by atoms with Crippen molar-refractivity contribution in [3.05, 3.63) is 41.2 Å². The van der Waals surface area contributed by atoms with E-state index in [4.69, 9.17) is 4.74 Å². The molecule has 1 N–H and O–H groups in total. The lowest BCUT2D eigenvalue weighted by molar-refractivity contribution is 0.288. The lowest BCUT2D eigenvalue weighted by atomic mass is 10.1. The molecule has 0 unspecified atom stereocenters. The summed E-state index contributed by atoms with van der Waals surface area (Å²) in [4.78, 5) is 0. The summed E-state index contributed by atoms with van der Waals surface area (Å²) in [6, 6.07) is 6.21. The molecular formula is C16H24N4O. The van der Waals surface area contributed by atoms with E-state index in [2.05, 4.69) is 48.5 Å². The zero-order valence-corrected chi connectivity index (χ0v) is 13.1. The Kier molecular flexibility index (Phi) is 5.75. The van der Waals surface area contributed by atoms with Crippen LogP contribution < -0.4 is 10.1 Å². The molecule has 1 aromatic heterocycles. The summed E-state index contributed by atoms with van der Waals surface area (Å²) >= 11 is 0. The molecule has 0 aliphatic carbocycles. The molecule has 0 saturated heterocycles. The second-order valence-corrected chi connectivity index (χ2v) is 5.27. The molecule has 0 amide bonds. The highest BCUT2D eigenvalue weighted by molar-refractivity contribution is 5.35. The maximum Gasteiger partial charge on any atom is 0.122 e. The average Bonchev–Trinajstić information content (AvgIpc) is 2.89. The number of nitrogens with one attached hydrogen (secondary N) is 1. The van der Waals surface area contributed by atoms with Gasteiger partial charge >= 0.3 is 0 Å². The Morgan fingerprint density at radius 1 is 1.29 bits per heavy atom. The monoisotopic (exact) mass is 288 g/mol. The number of aryl methyl sites for hydroxylation is 2. The largest absolute Gasteiger partial charge is 0.491 e. The van der Waals surface area contributed by atoms with Crippen LogP contribution in [0.3, 0.4) is 0 Å². The van der Waals surface area contributed by atoms with Crippen LogP contribution in [0.4, 0.5) is 0 Å². The molecule has 0 aliphatic rings. The van der Waals surface area contributed by atoms with E-state index in [0.29, 0.717) is 13.2 Å². The third kappa shape index (κ3) is 4.86. The van der Waals surface area contributed by atoms with Gasteiger partial charge in [0.25, 0.3) is 0 Å². The molecule has 2 aromatic rings. The van der Waals surface area contributed by atoms with E-state index < -0.39 is 0 Å². The highest BCUT2D eigenvalue weighted by Gasteiger charge is 2.02. The first kappa shape index (κ1) is 15.5. The van der Waals surface area contributed by atoms with E-state index >= 15 is 0 Å². The molecule has 0 aliphatic heterocycles. The Morgan fingerprint density at radius 3 is 2.90 bits per heavy atom. The first-order valence-corrected chi connectivity index (χ1v) is 7.49. The summed E-state index contributed by atoms with van der Waals surface area (Å²) in [5.41, 5.74) is 3.38. The van der Waals surface area contributed by atoms with Gasteiger partial charge in [-0.25, -0.2) is 4.68 Å². The van der Waals surface area contributed by atoms with Gasteiger partial charge in [-0.2, -0.15) is 0 Å². The summed E-state index contributed by atoms with van der Waals surface area (Å²) in [5, 5.41) is 11.6. The van der Waals surface area contributed by atoms with Crippen LogP contribution in [0, 0.1) is 13.8 Å². The fourth-order valence-corrected chi connectivity index (χ4v) is 2.13. The van der Waals surface area contributed by atoms with E-state index in [1.165, 1.54) is 5.56 Å². The predicted molar refractivity (Wildman–Crippen MR) is 83.4 cm³/mol. The van der Waals surface area contributed by atoms with Crippen molar-refractivity contribution in [3.63, 3.8) is 0 Å². The second-order valence-electron chi connectivity index (χ2n) is 5.27. The van der Waals surface area contributed by atoms with Crippen LogP contribution in [0.15, 0.2) is 24.4 Å². The Bertz CT molecular complexity index is 565. The van der Waals surface area contributed by atoms with Crippen LogP contribution in [0.5, 0.6) is 5.75 Å². The van der Waals surface area contributed by atoms with Crippen molar-refractivity contribution in [1.82, 2.24) is 20.3 Å². The molecule has 2 rings (SSSR count). The van der Waals surface area contributed by atoms with Gasteiger partial charge in [-0.05, 0) is 38.4 Å². The van der Waals surface area contributed by atoms with E-state index in [-0.39, 0.29) is 0 Å². The Hall–Kier alpha value is -1.88. The normalized spacial score (nSPS) is 10.8. The maximum absolute atomic E-state index is 5.80. The quantitative estimate of drug-likeness (QED) is 0.758. The number of rotatable bonds is 8. The molecule has 0 radical (unpaired) electrons. The van der Waals surface area contributed by atoms with Crippen LogP contribution in [0.2, 0.25) is 0 Å². The van der Waals surface area contributed by atoms with Crippen LogP contribution in [0.1, 0.15) is 30.2 Å². The molecule has 0 saturated carbocycles. The van der Waals surface area contributed by atoms with Crippen molar-refractivity contribution in [3.8, 4) is 5.75 Å². The molecule has 21 heavy (non-hydrogen) atoms. The molecule has 1 heterocycles. The van der Waals surface area contributed by atoms with Crippen LogP contribution in [0.25, 0.3) is 0 Å². The zero-order chi connectivity index (χ0) is 15.1. The van der Waals surface area contributed by atoms with Gasteiger partial charge in [-0.1, -0.05) is 29.8 Å². The van der Waals surface area contributed by atoms with Gasteiger partial charge in [-0.3, -0.25) is 0 Å². The Labute approximate surface area is 126 Å². The Morgan fingerprint density at radius 2 is 2.14 bits per heavy atom. The van der Waals surface area contributed by atoms with Crippen LogP contribution in [-0.4, -0.2) is 28.1 Å². The van der Waals surface area contributed by atoms with Crippen molar-refractivity contribution < 1.29 is 4.74 Å². The maximum atomic E-state index is 5.80. The third-order valence-corrected chi connectivity index (χ3v) is 3.23. The highest BCUT2D eigenvalue weighted by atomic mass is 16.5. The lowest BCUT2D eigenvalue weighted by Crippen LogP contribution is -2.14. The van der Waals surface area contributed by atoms with E-state index in [1.54, 1.807) is 0 Å². The first-order valence-electron chi connectivity index (χ1n) is 7.49. The number of nitrogens with zero attached hydrogens (tertiary/aromatic N) is 3. The molecule has 0 fully saturated rings. The number of aromatic nitrogens is 3. The van der Waals surface area contributed by atoms with Gasteiger partial charge < -0.3 is 10.1 Å². The van der Waals surface area contributed by atoms with Crippen molar-refractivity contribution in [1.29, 1.82) is 0 Å². The van der Waals surface area contributed by atoms with Gasteiger partial charge in [0.1, 0.15) is 12.4 Å².